The van der Waals surface area contributed by atoms with E-state index in [0.29, 0.717) is 42.7 Å². The SMILES string of the molecule is COc1ccc(-n2cnnn2)cc1C(=O)N1CCC(CCN2CCC(N(Cc3ccco3)c3nc4ccccc4[nH]3)CC2)(c2ccccc2)C1. The van der Waals surface area contributed by atoms with Crippen molar-refractivity contribution in [1.29, 1.82) is 0 Å². The molecule has 6 aromatic rings. The quantitative estimate of drug-likeness (QED) is 0.191. The Kier molecular flexibility index (Phi) is 8.76. The Morgan fingerprint density at radius 1 is 1.02 bits per heavy atom. The summed E-state index contributed by atoms with van der Waals surface area (Å²) in [6.07, 6.45) is 7.17. The molecule has 0 bridgehead atoms. The van der Waals surface area contributed by atoms with Crippen molar-refractivity contribution in [1.82, 2.24) is 40.0 Å². The number of tetrazole rings is 1. The molecule has 1 unspecified atom stereocenters. The number of aromatic nitrogens is 6. The number of furan rings is 1. The molecule has 5 heterocycles. The van der Waals surface area contributed by atoms with Crippen molar-refractivity contribution in [3.05, 3.63) is 114 Å². The number of rotatable bonds is 11. The van der Waals surface area contributed by atoms with Crippen molar-refractivity contribution < 1.29 is 13.9 Å². The molecule has 8 rings (SSSR count). The molecule has 0 saturated carbocycles. The van der Waals surface area contributed by atoms with Crippen LogP contribution in [-0.2, 0) is 12.0 Å². The first kappa shape index (κ1) is 31.8. The lowest BCUT2D eigenvalue weighted by Crippen LogP contribution is -2.46. The number of carbonyl (C=O) groups excluding carboxylic acids is 1. The number of aromatic amines is 1. The number of ether oxygens (including phenoxy) is 1. The van der Waals surface area contributed by atoms with Gasteiger partial charge in [-0.05, 0) is 90.7 Å². The largest absolute Gasteiger partial charge is 0.496 e. The number of nitrogens with zero attached hydrogens (tertiary/aromatic N) is 8. The number of imidazole rings is 1. The average Bonchev–Trinajstić information content (AvgIpc) is 4.01. The van der Waals surface area contributed by atoms with Crippen molar-refractivity contribution in [3.63, 3.8) is 0 Å². The number of piperidine rings is 1. The third-order valence-electron chi connectivity index (χ3n) is 10.5. The maximum absolute atomic E-state index is 14.1. The van der Waals surface area contributed by atoms with Crippen molar-refractivity contribution >= 4 is 22.9 Å². The second-order valence-corrected chi connectivity index (χ2v) is 13.4. The molecule has 2 fully saturated rings. The van der Waals surface area contributed by atoms with Crippen LogP contribution in [0, 0.1) is 0 Å². The van der Waals surface area contributed by atoms with Crippen LogP contribution in [0.5, 0.6) is 5.75 Å². The van der Waals surface area contributed by atoms with E-state index < -0.39 is 0 Å². The summed E-state index contributed by atoms with van der Waals surface area (Å²) in [6, 6.07) is 28.7. The van der Waals surface area contributed by atoms with Gasteiger partial charge in [-0.3, -0.25) is 4.79 Å². The van der Waals surface area contributed by atoms with E-state index in [0.717, 1.165) is 68.1 Å². The van der Waals surface area contributed by atoms with Gasteiger partial charge in [0.1, 0.15) is 17.8 Å². The molecule has 3 aromatic carbocycles. The molecule has 0 aliphatic carbocycles. The molecule has 2 aliphatic rings. The summed E-state index contributed by atoms with van der Waals surface area (Å²) < 4.78 is 12.9. The normalized spacial score (nSPS) is 18.5. The van der Waals surface area contributed by atoms with E-state index in [2.05, 4.69) is 66.7 Å². The number of likely N-dealkylation sites (tertiary alicyclic amines) is 2. The fourth-order valence-electron chi connectivity index (χ4n) is 7.73. The standard InChI is InChI=1S/C38H41N9O3/c1-49-35-14-13-30(47-27-39-42-43-47)24-32(35)36(48)45-22-18-38(26-45,28-8-3-2-4-9-28)17-21-44-19-15-29(16-20-44)46(25-31-10-7-23-50-31)37-40-33-11-5-6-12-34(33)41-37/h2-14,23-24,27,29H,15-22,25-26H2,1H3,(H,40,41). The van der Waals surface area contributed by atoms with Crippen molar-refractivity contribution in [2.24, 2.45) is 0 Å². The number of hydrogen-bond acceptors (Lipinski definition) is 9. The van der Waals surface area contributed by atoms with Gasteiger partial charge in [0.15, 0.2) is 0 Å². The summed E-state index contributed by atoms with van der Waals surface area (Å²) in [5.41, 5.74) is 4.37. The second kappa shape index (κ2) is 13.8. The van der Waals surface area contributed by atoms with Crippen LogP contribution < -0.4 is 9.64 Å². The fourth-order valence-corrected chi connectivity index (χ4v) is 7.73. The molecule has 3 aromatic heterocycles. The van der Waals surface area contributed by atoms with E-state index >= 15 is 0 Å². The molecule has 1 atom stereocenters. The van der Waals surface area contributed by atoms with Gasteiger partial charge in [-0.25, -0.2) is 9.67 Å². The number of methoxy groups -OCH3 is 1. The van der Waals surface area contributed by atoms with Crippen LogP contribution in [0.25, 0.3) is 16.7 Å². The second-order valence-electron chi connectivity index (χ2n) is 13.4. The third kappa shape index (κ3) is 6.34. The van der Waals surface area contributed by atoms with E-state index in [-0.39, 0.29) is 11.3 Å². The molecule has 1 N–H and O–H groups in total. The lowest BCUT2D eigenvalue weighted by Gasteiger charge is -2.39. The highest BCUT2D eigenvalue weighted by Crippen LogP contribution is 2.40. The zero-order chi connectivity index (χ0) is 33.9. The summed E-state index contributed by atoms with van der Waals surface area (Å²) >= 11 is 0. The lowest BCUT2D eigenvalue weighted by atomic mass is 9.76. The number of H-pyrrole nitrogens is 1. The first-order valence-corrected chi connectivity index (χ1v) is 17.3. The molecule has 1 amide bonds. The molecule has 0 spiro atoms. The van der Waals surface area contributed by atoms with Crippen LogP contribution in [0.15, 0.2) is 102 Å². The third-order valence-corrected chi connectivity index (χ3v) is 10.5. The first-order chi connectivity index (χ1) is 24.6. The summed E-state index contributed by atoms with van der Waals surface area (Å²) in [7, 11) is 1.59. The number of amides is 1. The van der Waals surface area contributed by atoms with Gasteiger partial charge in [-0.2, -0.15) is 0 Å². The van der Waals surface area contributed by atoms with Crippen molar-refractivity contribution in [3.8, 4) is 11.4 Å². The molecule has 2 saturated heterocycles. The molecular formula is C38H41N9O3. The van der Waals surface area contributed by atoms with Crippen LogP contribution in [0.4, 0.5) is 5.95 Å². The van der Waals surface area contributed by atoms with Crippen molar-refractivity contribution in [2.45, 2.75) is 43.7 Å². The Morgan fingerprint density at radius 3 is 2.62 bits per heavy atom. The van der Waals surface area contributed by atoms with Gasteiger partial charge in [0.05, 0.1) is 42.2 Å². The molecular weight excluding hydrogens is 630 g/mol. The molecule has 2 aliphatic heterocycles. The predicted molar refractivity (Wildman–Crippen MR) is 189 cm³/mol. The molecule has 0 radical (unpaired) electrons. The molecule has 12 heteroatoms. The predicted octanol–water partition coefficient (Wildman–Crippen LogP) is 5.49. The Labute approximate surface area is 290 Å². The molecule has 50 heavy (non-hydrogen) atoms. The van der Waals surface area contributed by atoms with Crippen LogP contribution in [0.3, 0.4) is 0 Å². The Balaban J connectivity index is 0.966. The van der Waals surface area contributed by atoms with E-state index in [1.54, 1.807) is 24.1 Å². The van der Waals surface area contributed by atoms with Gasteiger partial charge in [0, 0.05) is 37.6 Å². The maximum Gasteiger partial charge on any atom is 0.257 e. The lowest BCUT2D eigenvalue weighted by molar-refractivity contribution is 0.0776. The summed E-state index contributed by atoms with van der Waals surface area (Å²) in [5, 5.41) is 11.5. The number of para-hydroxylation sites is 2. The maximum atomic E-state index is 14.1. The van der Waals surface area contributed by atoms with Crippen molar-refractivity contribution in [2.75, 3.05) is 44.7 Å². The Hall–Kier alpha value is -5.49. The average molecular weight is 672 g/mol. The highest BCUT2D eigenvalue weighted by molar-refractivity contribution is 5.98. The summed E-state index contributed by atoms with van der Waals surface area (Å²) in [6.45, 7) is 4.94. The Bertz CT molecular complexity index is 1990. The van der Waals surface area contributed by atoms with Crippen LogP contribution in [0.2, 0.25) is 0 Å². The zero-order valence-electron chi connectivity index (χ0n) is 28.2. The van der Waals surface area contributed by atoms with Gasteiger partial charge in [-0.1, -0.05) is 42.5 Å². The zero-order valence-corrected chi connectivity index (χ0v) is 28.2. The van der Waals surface area contributed by atoms with E-state index in [9.17, 15) is 4.79 Å². The fraction of sp³-hybridized carbons (Fsp3) is 0.342. The van der Waals surface area contributed by atoms with Crippen LogP contribution >= 0.6 is 0 Å². The van der Waals surface area contributed by atoms with Gasteiger partial charge in [-0.15, -0.1) is 5.10 Å². The first-order valence-electron chi connectivity index (χ1n) is 17.3. The molecule has 256 valence electrons. The highest BCUT2D eigenvalue weighted by atomic mass is 16.5. The monoisotopic (exact) mass is 671 g/mol. The minimum atomic E-state index is -0.145. The van der Waals surface area contributed by atoms with Gasteiger partial charge in [0.25, 0.3) is 5.91 Å². The number of fused-ring (bicyclic) bond motifs is 1. The van der Waals surface area contributed by atoms with E-state index in [1.165, 1.54) is 11.9 Å². The topological polar surface area (TPSA) is 121 Å². The summed E-state index contributed by atoms with van der Waals surface area (Å²) in [4.78, 5) is 29.6. The summed E-state index contributed by atoms with van der Waals surface area (Å²) in [5.74, 6) is 2.31. The van der Waals surface area contributed by atoms with E-state index in [4.69, 9.17) is 14.1 Å². The van der Waals surface area contributed by atoms with Gasteiger partial charge in [0.2, 0.25) is 5.95 Å². The minimum absolute atomic E-state index is 0.0439. The Morgan fingerprint density at radius 2 is 1.86 bits per heavy atom. The van der Waals surface area contributed by atoms with Gasteiger partial charge >= 0.3 is 0 Å². The highest BCUT2D eigenvalue weighted by Gasteiger charge is 2.42. The number of nitrogens with one attached hydrogen (secondary N) is 1. The number of anilines is 1. The number of hydrogen-bond donors (Lipinski definition) is 1. The number of benzene rings is 3. The van der Waals surface area contributed by atoms with E-state index in [1.807, 2.05) is 47.4 Å². The van der Waals surface area contributed by atoms with Crippen LogP contribution in [0.1, 0.15) is 47.4 Å². The van der Waals surface area contributed by atoms with Crippen LogP contribution in [-0.4, -0.2) is 91.8 Å². The smallest absolute Gasteiger partial charge is 0.257 e. The number of carbonyl (C=O) groups is 1. The van der Waals surface area contributed by atoms with Gasteiger partial charge < -0.3 is 28.8 Å². The minimum Gasteiger partial charge on any atom is -0.496 e. The molecule has 12 nitrogen and oxygen atoms in total.